The highest BCUT2D eigenvalue weighted by molar-refractivity contribution is 4.82. The van der Waals surface area contributed by atoms with Crippen molar-refractivity contribution in [3.8, 4) is 0 Å². The third-order valence-corrected chi connectivity index (χ3v) is 3.19. The van der Waals surface area contributed by atoms with Crippen LogP contribution < -0.4 is 0 Å². The zero-order valence-corrected chi connectivity index (χ0v) is 8.16. The molecule has 11 heavy (non-hydrogen) atoms. The van der Waals surface area contributed by atoms with Crippen molar-refractivity contribution >= 4 is 0 Å². The summed E-state index contributed by atoms with van der Waals surface area (Å²) >= 11 is 0. The van der Waals surface area contributed by atoms with E-state index in [2.05, 4.69) is 13.8 Å². The first-order valence-corrected chi connectivity index (χ1v) is 5.27. The molecule has 0 nitrogen and oxygen atoms in total. The third-order valence-electron chi connectivity index (χ3n) is 3.19. The van der Waals surface area contributed by atoms with Crippen LogP contribution in [0.1, 0.15) is 65.2 Å². The van der Waals surface area contributed by atoms with Crippen LogP contribution in [0, 0.1) is 5.41 Å². The summed E-state index contributed by atoms with van der Waals surface area (Å²) in [5.41, 5.74) is 0.772. The summed E-state index contributed by atoms with van der Waals surface area (Å²) in [6, 6.07) is 0. The Morgan fingerprint density at radius 3 is 2.27 bits per heavy atom. The fourth-order valence-corrected chi connectivity index (χ4v) is 2.01. The predicted octanol–water partition coefficient (Wildman–Crippen LogP) is 4.15. The van der Waals surface area contributed by atoms with E-state index in [4.69, 9.17) is 0 Å². The fourth-order valence-electron chi connectivity index (χ4n) is 2.01. The smallest absolute Gasteiger partial charge is 0.0326 e. The second-order valence-corrected chi connectivity index (χ2v) is 4.47. The molecule has 0 aliphatic heterocycles. The zero-order valence-electron chi connectivity index (χ0n) is 8.16. The number of hydrogen-bond donors (Lipinski definition) is 0. The summed E-state index contributed by atoms with van der Waals surface area (Å²) in [7, 11) is 0. The zero-order chi connectivity index (χ0) is 8.16. The highest BCUT2D eigenvalue weighted by atomic mass is 14.4. The van der Waals surface area contributed by atoms with Gasteiger partial charge in [-0.15, -0.1) is 0 Å². The maximum atomic E-state index is 2.46. The average Bonchev–Trinajstić information content (AvgIpc) is 1.95. The summed E-state index contributed by atoms with van der Waals surface area (Å²) in [5, 5.41) is 0. The number of unbranched alkanes of at least 4 members (excludes halogenated alkanes) is 3. The Bertz CT molecular complexity index is 101. The molecular formula is C11H22. The van der Waals surface area contributed by atoms with Crippen LogP contribution in [0.2, 0.25) is 0 Å². The number of hydrogen-bond acceptors (Lipinski definition) is 0. The normalized spacial score (nSPS) is 21.3. The first-order valence-electron chi connectivity index (χ1n) is 5.27. The van der Waals surface area contributed by atoms with E-state index in [1.54, 1.807) is 0 Å². The second kappa shape index (κ2) is 4.13. The van der Waals surface area contributed by atoms with Gasteiger partial charge in [0.25, 0.3) is 0 Å². The van der Waals surface area contributed by atoms with Crippen molar-refractivity contribution in [2.75, 3.05) is 0 Å². The van der Waals surface area contributed by atoms with Crippen molar-refractivity contribution in [1.29, 1.82) is 0 Å². The molecule has 0 radical (unpaired) electrons. The van der Waals surface area contributed by atoms with Gasteiger partial charge in [0.2, 0.25) is 0 Å². The Morgan fingerprint density at radius 2 is 1.82 bits per heavy atom. The molecule has 0 heterocycles. The van der Waals surface area contributed by atoms with E-state index < -0.39 is 0 Å². The lowest BCUT2D eigenvalue weighted by atomic mass is 9.67. The molecule has 0 bridgehead atoms. The molecule has 0 unspecified atom stereocenters. The number of rotatable bonds is 5. The SMILES string of the molecule is CCCCCCC1(C)CCC1. The molecule has 0 amide bonds. The molecule has 1 saturated carbocycles. The Kier molecular flexibility index (Phi) is 3.42. The Balaban J connectivity index is 1.94. The monoisotopic (exact) mass is 154 g/mol. The molecule has 1 rings (SSSR count). The summed E-state index contributed by atoms with van der Waals surface area (Å²) in [6.45, 7) is 4.74. The molecule has 0 atom stereocenters. The van der Waals surface area contributed by atoms with E-state index in [1.165, 1.54) is 51.4 Å². The van der Waals surface area contributed by atoms with Gasteiger partial charge in [0, 0.05) is 0 Å². The first kappa shape index (κ1) is 9.09. The highest BCUT2D eigenvalue weighted by Gasteiger charge is 2.30. The van der Waals surface area contributed by atoms with Gasteiger partial charge in [-0.3, -0.25) is 0 Å². The fraction of sp³-hybridized carbons (Fsp3) is 1.00. The first-order chi connectivity index (χ1) is 5.27. The lowest BCUT2D eigenvalue weighted by Crippen LogP contribution is -2.24. The van der Waals surface area contributed by atoms with Crippen molar-refractivity contribution in [3.63, 3.8) is 0 Å². The highest BCUT2D eigenvalue weighted by Crippen LogP contribution is 2.44. The molecule has 0 aromatic heterocycles. The van der Waals surface area contributed by atoms with Crippen LogP contribution in [0.4, 0.5) is 0 Å². The third kappa shape index (κ3) is 2.84. The minimum absolute atomic E-state index is 0.772. The van der Waals surface area contributed by atoms with Crippen molar-refractivity contribution in [3.05, 3.63) is 0 Å². The van der Waals surface area contributed by atoms with Gasteiger partial charge in [-0.2, -0.15) is 0 Å². The van der Waals surface area contributed by atoms with Crippen LogP contribution in [0.3, 0.4) is 0 Å². The molecule has 1 aliphatic carbocycles. The molecule has 0 N–H and O–H groups in total. The second-order valence-electron chi connectivity index (χ2n) is 4.47. The van der Waals surface area contributed by atoms with Gasteiger partial charge >= 0.3 is 0 Å². The minimum Gasteiger partial charge on any atom is -0.0654 e. The van der Waals surface area contributed by atoms with Gasteiger partial charge in [-0.05, 0) is 24.7 Å². The summed E-state index contributed by atoms with van der Waals surface area (Å²) in [4.78, 5) is 0. The molecular weight excluding hydrogens is 132 g/mol. The Labute approximate surface area is 71.4 Å². The standard InChI is InChI=1S/C11H22/c1-3-4-5-6-8-11(2)9-7-10-11/h3-10H2,1-2H3. The topological polar surface area (TPSA) is 0 Å². The largest absolute Gasteiger partial charge is 0.0654 e. The van der Waals surface area contributed by atoms with Crippen LogP contribution in [-0.2, 0) is 0 Å². The maximum absolute atomic E-state index is 2.46. The van der Waals surface area contributed by atoms with Crippen LogP contribution in [0.25, 0.3) is 0 Å². The lowest BCUT2D eigenvalue weighted by molar-refractivity contribution is 0.141. The van der Waals surface area contributed by atoms with Gasteiger partial charge in [0.05, 0.1) is 0 Å². The van der Waals surface area contributed by atoms with E-state index in [9.17, 15) is 0 Å². The lowest BCUT2D eigenvalue weighted by Gasteiger charge is -2.38. The van der Waals surface area contributed by atoms with Crippen LogP contribution >= 0.6 is 0 Å². The van der Waals surface area contributed by atoms with E-state index in [0.717, 1.165) is 5.41 Å². The minimum atomic E-state index is 0.772. The summed E-state index contributed by atoms with van der Waals surface area (Å²) < 4.78 is 0. The van der Waals surface area contributed by atoms with E-state index >= 15 is 0 Å². The van der Waals surface area contributed by atoms with Crippen molar-refractivity contribution in [2.24, 2.45) is 5.41 Å². The Morgan fingerprint density at radius 1 is 1.09 bits per heavy atom. The molecule has 66 valence electrons. The van der Waals surface area contributed by atoms with Crippen molar-refractivity contribution < 1.29 is 0 Å². The van der Waals surface area contributed by atoms with E-state index in [0.29, 0.717) is 0 Å². The van der Waals surface area contributed by atoms with E-state index in [-0.39, 0.29) is 0 Å². The molecule has 0 aromatic carbocycles. The Hall–Kier alpha value is 0. The molecule has 0 saturated heterocycles. The van der Waals surface area contributed by atoms with Crippen molar-refractivity contribution in [2.45, 2.75) is 65.2 Å². The van der Waals surface area contributed by atoms with Crippen LogP contribution in [-0.4, -0.2) is 0 Å². The summed E-state index contributed by atoms with van der Waals surface area (Å²) in [6.07, 6.45) is 11.7. The average molecular weight is 154 g/mol. The van der Waals surface area contributed by atoms with Gasteiger partial charge < -0.3 is 0 Å². The van der Waals surface area contributed by atoms with Gasteiger partial charge in [0.15, 0.2) is 0 Å². The quantitative estimate of drug-likeness (QED) is 0.522. The molecule has 0 aromatic rings. The van der Waals surface area contributed by atoms with Gasteiger partial charge in [-0.1, -0.05) is 46.0 Å². The van der Waals surface area contributed by atoms with Gasteiger partial charge in [-0.25, -0.2) is 0 Å². The molecule has 0 heteroatoms. The van der Waals surface area contributed by atoms with Gasteiger partial charge in [0.1, 0.15) is 0 Å². The molecule has 1 fully saturated rings. The van der Waals surface area contributed by atoms with Crippen LogP contribution in [0.5, 0.6) is 0 Å². The van der Waals surface area contributed by atoms with E-state index in [1.807, 2.05) is 0 Å². The molecule has 1 aliphatic rings. The predicted molar refractivity (Wildman–Crippen MR) is 50.7 cm³/mol. The van der Waals surface area contributed by atoms with Crippen LogP contribution in [0.15, 0.2) is 0 Å². The van der Waals surface area contributed by atoms with Crippen molar-refractivity contribution in [1.82, 2.24) is 0 Å². The maximum Gasteiger partial charge on any atom is -0.0326 e. The summed E-state index contributed by atoms with van der Waals surface area (Å²) in [5.74, 6) is 0. The molecule has 0 spiro atoms.